The maximum absolute atomic E-state index is 12.1. The quantitative estimate of drug-likeness (QED) is 0.255. The second-order valence-corrected chi connectivity index (χ2v) is 19.2. The van der Waals surface area contributed by atoms with E-state index in [4.69, 9.17) is 33.2 Å². The molecule has 6 saturated heterocycles. The first-order chi connectivity index (χ1) is 24.5. The molecule has 6 aliphatic rings. The van der Waals surface area contributed by atoms with Gasteiger partial charge in [0.05, 0.1) is 60.0 Å². The van der Waals surface area contributed by atoms with Crippen molar-refractivity contribution < 1.29 is 58.4 Å². The highest BCUT2D eigenvalue weighted by molar-refractivity contribution is 5.70. The van der Waals surface area contributed by atoms with Gasteiger partial charge < -0.3 is 53.6 Å². The summed E-state index contributed by atoms with van der Waals surface area (Å²) in [6.07, 6.45) is 2.00. The molecule has 0 aromatic heterocycles. The van der Waals surface area contributed by atoms with E-state index in [0.717, 1.165) is 25.7 Å². The van der Waals surface area contributed by atoms with Gasteiger partial charge in [0.2, 0.25) is 0 Å². The monoisotopic (exact) mass is 754 g/mol. The molecule has 21 atom stereocenters. The lowest BCUT2D eigenvalue weighted by atomic mass is 9.71. The summed E-state index contributed by atoms with van der Waals surface area (Å²) in [5.74, 6) is -7.35. The van der Waals surface area contributed by atoms with Gasteiger partial charge in [-0.1, -0.05) is 48.5 Å². The Balaban J connectivity index is 1.15. The minimum Gasteiger partial charge on any atom is -0.481 e. The zero-order chi connectivity index (χ0) is 39.2. The van der Waals surface area contributed by atoms with Crippen molar-refractivity contribution in [3.8, 4) is 0 Å². The lowest BCUT2D eigenvalue weighted by Crippen LogP contribution is -2.65. The highest BCUT2D eigenvalue weighted by atomic mass is 16.7. The summed E-state index contributed by atoms with van der Waals surface area (Å²) < 4.78 is 46.4. The summed E-state index contributed by atoms with van der Waals surface area (Å²) in [5.41, 5.74) is -1.19. The van der Waals surface area contributed by atoms with Crippen molar-refractivity contribution in [2.24, 2.45) is 47.3 Å². The topological polar surface area (TPSA) is 163 Å². The zero-order valence-electron chi connectivity index (χ0n) is 34.2. The first-order valence-corrected chi connectivity index (χ1v) is 20.5. The minimum atomic E-state index is -1.96. The summed E-state index contributed by atoms with van der Waals surface area (Å²) in [7, 11) is 1.58. The van der Waals surface area contributed by atoms with Gasteiger partial charge in [-0.3, -0.25) is 4.79 Å². The van der Waals surface area contributed by atoms with Crippen LogP contribution in [0, 0.1) is 47.3 Å². The Morgan fingerprint density at radius 3 is 2.13 bits per heavy atom. The first-order valence-electron chi connectivity index (χ1n) is 20.5. The molecule has 0 radical (unpaired) electrons. The molecule has 6 fully saturated rings. The Bertz CT molecular complexity index is 1330. The Morgan fingerprint density at radius 1 is 0.830 bits per heavy atom. The molecule has 6 heterocycles. The number of carbonyl (C=O) groups is 1. The van der Waals surface area contributed by atoms with E-state index in [1.54, 1.807) is 21.0 Å². The Morgan fingerprint density at radius 2 is 1.49 bits per heavy atom. The summed E-state index contributed by atoms with van der Waals surface area (Å²) in [4.78, 5) is 12.1. The van der Waals surface area contributed by atoms with Gasteiger partial charge in [0, 0.05) is 49.5 Å². The van der Waals surface area contributed by atoms with E-state index >= 15 is 0 Å². The number of aliphatic hydroxyl groups excluding tert-OH is 1. The summed E-state index contributed by atoms with van der Waals surface area (Å²) in [5, 5.41) is 44.1. The van der Waals surface area contributed by atoms with Crippen molar-refractivity contribution in [3.05, 3.63) is 0 Å². The van der Waals surface area contributed by atoms with Crippen molar-refractivity contribution in [3.63, 3.8) is 0 Å². The molecule has 6 aliphatic heterocycles. The second kappa shape index (κ2) is 14.5. The van der Waals surface area contributed by atoms with Gasteiger partial charge in [-0.2, -0.15) is 0 Å². The molecular weight excluding hydrogens is 684 g/mol. The number of rotatable bonds is 8. The van der Waals surface area contributed by atoms with E-state index in [1.165, 1.54) is 6.92 Å². The van der Waals surface area contributed by atoms with Crippen molar-refractivity contribution in [2.45, 2.75) is 199 Å². The smallest absolute Gasteiger partial charge is 0.311 e. The van der Waals surface area contributed by atoms with E-state index in [1.807, 2.05) is 27.7 Å². The Kier molecular flexibility index (Phi) is 11.4. The predicted octanol–water partition coefficient (Wildman–Crippen LogP) is 5.27. The molecule has 306 valence electrons. The molecule has 6 unspecified atom stereocenters. The maximum Gasteiger partial charge on any atom is 0.311 e. The maximum atomic E-state index is 12.1. The number of methoxy groups -OCH3 is 1. The minimum absolute atomic E-state index is 0.0508. The molecule has 6 rings (SSSR count). The average Bonchev–Trinajstić information content (AvgIpc) is 3.78. The third-order valence-electron chi connectivity index (χ3n) is 15.2. The number of aliphatic carboxylic acids is 1. The molecular formula is C41H70O12. The zero-order valence-corrected chi connectivity index (χ0v) is 34.2. The van der Waals surface area contributed by atoms with Gasteiger partial charge in [0.1, 0.15) is 5.92 Å². The van der Waals surface area contributed by atoms with Crippen LogP contribution in [0.2, 0.25) is 0 Å². The highest BCUT2D eigenvalue weighted by Crippen LogP contribution is 2.55. The van der Waals surface area contributed by atoms with Crippen LogP contribution in [0.25, 0.3) is 0 Å². The summed E-state index contributed by atoms with van der Waals surface area (Å²) in [6.45, 7) is 21.6. The summed E-state index contributed by atoms with van der Waals surface area (Å²) in [6, 6.07) is 0. The number of carboxylic acid groups (broad SMARTS) is 1. The van der Waals surface area contributed by atoms with Gasteiger partial charge in [-0.15, -0.1) is 0 Å². The lowest BCUT2D eigenvalue weighted by Gasteiger charge is -2.54. The van der Waals surface area contributed by atoms with Crippen LogP contribution in [-0.4, -0.2) is 111 Å². The van der Waals surface area contributed by atoms with E-state index in [2.05, 4.69) is 27.7 Å². The van der Waals surface area contributed by atoms with E-state index < -0.39 is 70.8 Å². The molecule has 0 aromatic rings. The van der Waals surface area contributed by atoms with Crippen LogP contribution in [0.1, 0.15) is 121 Å². The lowest BCUT2D eigenvalue weighted by molar-refractivity contribution is -0.365. The number of hydrogen-bond donors (Lipinski definition) is 4. The molecule has 4 N–H and O–H groups in total. The van der Waals surface area contributed by atoms with Crippen molar-refractivity contribution in [2.75, 3.05) is 7.11 Å². The number of ether oxygens (including phenoxy) is 7. The van der Waals surface area contributed by atoms with Gasteiger partial charge in [-0.05, 0) is 71.6 Å². The van der Waals surface area contributed by atoms with Gasteiger partial charge in [-0.25, -0.2) is 0 Å². The van der Waals surface area contributed by atoms with Crippen LogP contribution >= 0.6 is 0 Å². The second-order valence-electron chi connectivity index (χ2n) is 19.2. The SMILES string of the molecule is COC1[C@@H](C)[C@@H]([C@H](C)C2OC3(CC[C@@](C)(C4CC[C@@](C)([C@@H]5O[C@@H]([C@H]6O[C@](C)(O)[C@H](C)C[C@@H]6C)C[C@@H]5C)O4)O3)CC(O)C2C)O[C@@](O)([C@H](C)C(=O)O)[C@@H]1C. The van der Waals surface area contributed by atoms with Crippen LogP contribution < -0.4 is 0 Å². The van der Waals surface area contributed by atoms with Gasteiger partial charge in [0.15, 0.2) is 17.4 Å². The molecule has 0 aromatic carbocycles. The summed E-state index contributed by atoms with van der Waals surface area (Å²) >= 11 is 0. The van der Waals surface area contributed by atoms with Crippen molar-refractivity contribution >= 4 is 5.97 Å². The van der Waals surface area contributed by atoms with E-state index in [0.29, 0.717) is 19.3 Å². The third-order valence-corrected chi connectivity index (χ3v) is 15.2. The van der Waals surface area contributed by atoms with E-state index in [9.17, 15) is 25.2 Å². The number of carboxylic acids is 1. The van der Waals surface area contributed by atoms with Crippen LogP contribution in [0.15, 0.2) is 0 Å². The highest BCUT2D eigenvalue weighted by Gasteiger charge is 2.63. The van der Waals surface area contributed by atoms with Gasteiger partial charge in [0.25, 0.3) is 0 Å². The largest absolute Gasteiger partial charge is 0.481 e. The number of hydrogen-bond acceptors (Lipinski definition) is 11. The standard InChI is InChI=1S/C41H70O12/c1-20-17-22(3)39(11,45)50-31(20)29-18-21(2)35(48-29)38(10)14-13-30(49-38)37(9)15-16-40(53-37)19-28(42)23(4)32(51-40)24(5)33-25(6)34(47-12)26(7)41(46,52-33)27(8)36(43)44/h20-35,42,45-46H,13-19H2,1-12H3,(H,43,44)/t20-,21-,22+,23?,24+,25-,26+,27+,28?,29+,30?,31-,32?,33+,34?,35+,37-,38-,39-,40?,41+/m0/s1. The average molecular weight is 755 g/mol. The Labute approximate surface area is 316 Å². The molecule has 1 spiro atoms. The van der Waals surface area contributed by atoms with Crippen molar-refractivity contribution in [1.29, 1.82) is 0 Å². The number of aliphatic hydroxyl groups is 3. The fraction of sp³-hybridized carbons (Fsp3) is 0.976. The fourth-order valence-corrected chi connectivity index (χ4v) is 11.5. The van der Waals surface area contributed by atoms with Crippen LogP contribution in [0.5, 0.6) is 0 Å². The first kappa shape index (κ1) is 41.7. The molecule has 12 nitrogen and oxygen atoms in total. The van der Waals surface area contributed by atoms with Gasteiger partial charge >= 0.3 is 5.97 Å². The van der Waals surface area contributed by atoms with E-state index in [-0.39, 0.29) is 59.9 Å². The molecule has 0 aliphatic carbocycles. The molecule has 0 amide bonds. The predicted molar refractivity (Wildman–Crippen MR) is 194 cm³/mol. The van der Waals surface area contributed by atoms with Crippen LogP contribution in [-0.2, 0) is 38.0 Å². The van der Waals surface area contributed by atoms with Crippen LogP contribution in [0.3, 0.4) is 0 Å². The molecule has 53 heavy (non-hydrogen) atoms. The van der Waals surface area contributed by atoms with Crippen LogP contribution in [0.4, 0.5) is 0 Å². The molecule has 0 bridgehead atoms. The third kappa shape index (κ3) is 7.16. The molecule has 0 saturated carbocycles. The van der Waals surface area contributed by atoms with Crippen molar-refractivity contribution in [1.82, 2.24) is 0 Å². The fourth-order valence-electron chi connectivity index (χ4n) is 11.5. The Hall–Kier alpha value is -0.930. The normalized spacial score (nSPS) is 56.1. The molecule has 12 heteroatoms.